The summed E-state index contributed by atoms with van der Waals surface area (Å²) < 4.78 is 11.9. The van der Waals surface area contributed by atoms with Gasteiger partial charge in [0.05, 0.1) is 12.7 Å². The lowest BCUT2D eigenvalue weighted by molar-refractivity contribution is -0.275. The van der Waals surface area contributed by atoms with Gasteiger partial charge in [-0.05, 0) is 18.3 Å². The number of rotatable bonds is 2. The zero-order valence-electron chi connectivity index (χ0n) is 10.9. The van der Waals surface area contributed by atoms with E-state index in [2.05, 4.69) is 13.8 Å². The summed E-state index contributed by atoms with van der Waals surface area (Å²) in [4.78, 5) is 0. The van der Waals surface area contributed by atoms with Crippen molar-refractivity contribution in [3.8, 4) is 0 Å². The Morgan fingerprint density at radius 2 is 2.00 bits per heavy atom. The molecule has 1 N–H and O–H groups in total. The van der Waals surface area contributed by atoms with Crippen molar-refractivity contribution < 1.29 is 14.6 Å². The Bertz CT molecular complexity index is 417. The molecule has 0 saturated carbocycles. The van der Waals surface area contributed by atoms with Crippen LogP contribution in [-0.2, 0) is 15.3 Å². The molecule has 2 bridgehead atoms. The van der Waals surface area contributed by atoms with Gasteiger partial charge in [0.1, 0.15) is 6.10 Å². The monoisotopic (exact) mass is 248 g/mol. The van der Waals surface area contributed by atoms with Crippen LogP contribution in [0.1, 0.15) is 25.8 Å². The van der Waals surface area contributed by atoms with Crippen molar-refractivity contribution >= 4 is 0 Å². The number of benzene rings is 1. The van der Waals surface area contributed by atoms with Gasteiger partial charge in [0.15, 0.2) is 0 Å². The summed E-state index contributed by atoms with van der Waals surface area (Å²) in [6.45, 7) is 4.88. The van der Waals surface area contributed by atoms with Crippen molar-refractivity contribution in [1.82, 2.24) is 0 Å². The quantitative estimate of drug-likeness (QED) is 0.872. The van der Waals surface area contributed by atoms with Crippen LogP contribution in [0.15, 0.2) is 30.3 Å². The van der Waals surface area contributed by atoms with Gasteiger partial charge in [-0.15, -0.1) is 0 Å². The Labute approximate surface area is 108 Å². The molecule has 98 valence electrons. The van der Waals surface area contributed by atoms with Gasteiger partial charge in [-0.1, -0.05) is 44.2 Å². The molecule has 0 amide bonds. The molecule has 3 rings (SSSR count). The van der Waals surface area contributed by atoms with Crippen LogP contribution in [-0.4, -0.2) is 23.9 Å². The molecular formula is C15H20O3. The molecule has 2 heterocycles. The predicted molar refractivity (Wildman–Crippen MR) is 67.9 cm³/mol. The van der Waals surface area contributed by atoms with Crippen molar-refractivity contribution in [3.63, 3.8) is 0 Å². The van der Waals surface area contributed by atoms with Crippen LogP contribution >= 0.6 is 0 Å². The largest absolute Gasteiger partial charge is 0.387 e. The van der Waals surface area contributed by atoms with Crippen LogP contribution in [0.2, 0.25) is 0 Å². The van der Waals surface area contributed by atoms with Gasteiger partial charge >= 0.3 is 0 Å². The van der Waals surface area contributed by atoms with E-state index in [1.807, 2.05) is 30.3 Å². The Hall–Kier alpha value is -0.900. The third kappa shape index (κ3) is 1.69. The van der Waals surface area contributed by atoms with E-state index in [0.29, 0.717) is 12.5 Å². The maximum absolute atomic E-state index is 10.7. The van der Waals surface area contributed by atoms with Gasteiger partial charge < -0.3 is 14.6 Å². The van der Waals surface area contributed by atoms with Crippen molar-refractivity contribution in [3.05, 3.63) is 35.9 Å². The minimum atomic E-state index is -0.945. The smallest absolute Gasteiger partial charge is 0.222 e. The molecule has 0 aliphatic carbocycles. The van der Waals surface area contributed by atoms with Crippen molar-refractivity contribution in [2.75, 3.05) is 6.61 Å². The molecule has 2 fully saturated rings. The molecule has 1 aromatic carbocycles. The third-order valence-electron chi connectivity index (χ3n) is 4.19. The van der Waals surface area contributed by atoms with E-state index < -0.39 is 11.9 Å². The van der Waals surface area contributed by atoms with Crippen molar-refractivity contribution in [1.29, 1.82) is 0 Å². The first-order valence-corrected chi connectivity index (χ1v) is 6.69. The Kier molecular flexibility index (Phi) is 2.93. The minimum absolute atomic E-state index is 0.112. The molecule has 2 saturated heterocycles. The van der Waals surface area contributed by atoms with Gasteiger partial charge in [0.25, 0.3) is 0 Å². The number of aliphatic hydroxyl groups is 1. The van der Waals surface area contributed by atoms with E-state index in [1.54, 1.807) is 0 Å². The van der Waals surface area contributed by atoms with Crippen molar-refractivity contribution in [2.45, 2.75) is 38.3 Å². The Morgan fingerprint density at radius 1 is 1.28 bits per heavy atom. The summed E-state index contributed by atoms with van der Waals surface area (Å²) in [5.41, 5.74) is 0.922. The SMILES string of the molecule is CC(C)[C@@H]1C[C@H]2COC(c3ccccc3)(O2)[C@H]1O. The van der Waals surface area contributed by atoms with E-state index in [0.717, 1.165) is 12.0 Å². The van der Waals surface area contributed by atoms with E-state index in [4.69, 9.17) is 9.47 Å². The van der Waals surface area contributed by atoms with E-state index in [1.165, 1.54) is 0 Å². The van der Waals surface area contributed by atoms with Crippen LogP contribution in [0.4, 0.5) is 0 Å². The lowest BCUT2D eigenvalue weighted by Crippen LogP contribution is -2.50. The summed E-state index contributed by atoms with van der Waals surface area (Å²) in [5, 5.41) is 10.7. The molecule has 0 radical (unpaired) electrons. The standard InChI is InChI=1S/C15H20O3/c1-10(2)13-8-12-9-17-15(18-12,14(13)16)11-6-4-3-5-7-11/h3-7,10,12-14,16H,8-9H2,1-2H3/t12-,13-,14-,15?/m0/s1. The molecule has 18 heavy (non-hydrogen) atoms. The fraction of sp³-hybridized carbons (Fsp3) is 0.600. The summed E-state index contributed by atoms with van der Waals surface area (Å²) >= 11 is 0. The number of fused-ring (bicyclic) bond motifs is 2. The first-order valence-electron chi connectivity index (χ1n) is 6.69. The van der Waals surface area contributed by atoms with Crippen LogP contribution in [0.3, 0.4) is 0 Å². The first kappa shape index (κ1) is 12.2. The lowest BCUT2D eigenvalue weighted by atomic mass is 9.79. The molecule has 0 aromatic heterocycles. The maximum Gasteiger partial charge on any atom is 0.222 e. The van der Waals surface area contributed by atoms with Gasteiger partial charge in [-0.3, -0.25) is 0 Å². The van der Waals surface area contributed by atoms with E-state index >= 15 is 0 Å². The fourth-order valence-corrected chi connectivity index (χ4v) is 3.15. The predicted octanol–water partition coefficient (Wildman–Crippen LogP) is 2.29. The zero-order chi connectivity index (χ0) is 12.8. The molecule has 2 aliphatic heterocycles. The molecule has 1 aromatic rings. The van der Waals surface area contributed by atoms with Gasteiger partial charge in [0.2, 0.25) is 5.79 Å². The molecule has 0 spiro atoms. The molecule has 2 aliphatic rings. The van der Waals surface area contributed by atoms with Crippen molar-refractivity contribution in [2.24, 2.45) is 11.8 Å². The molecule has 4 atom stereocenters. The molecule has 1 unspecified atom stereocenters. The molecule has 3 heteroatoms. The number of hydrogen-bond acceptors (Lipinski definition) is 3. The first-order chi connectivity index (χ1) is 8.63. The van der Waals surface area contributed by atoms with Crippen LogP contribution in [0.5, 0.6) is 0 Å². The summed E-state index contributed by atoms with van der Waals surface area (Å²) in [6, 6.07) is 9.80. The van der Waals surface area contributed by atoms with Crippen LogP contribution in [0, 0.1) is 11.8 Å². The highest BCUT2D eigenvalue weighted by molar-refractivity contribution is 5.24. The van der Waals surface area contributed by atoms with E-state index in [9.17, 15) is 5.11 Å². The summed E-state index contributed by atoms with van der Waals surface area (Å²) in [7, 11) is 0. The zero-order valence-corrected chi connectivity index (χ0v) is 10.9. The number of ether oxygens (including phenoxy) is 2. The average Bonchev–Trinajstić information content (AvgIpc) is 2.76. The summed E-state index contributed by atoms with van der Waals surface area (Å²) in [5.74, 6) is -0.290. The highest BCUT2D eigenvalue weighted by Crippen LogP contribution is 2.48. The van der Waals surface area contributed by atoms with Gasteiger partial charge in [-0.25, -0.2) is 0 Å². The minimum Gasteiger partial charge on any atom is -0.387 e. The second-order valence-corrected chi connectivity index (χ2v) is 5.67. The molecular weight excluding hydrogens is 228 g/mol. The van der Waals surface area contributed by atoms with Gasteiger partial charge in [0, 0.05) is 5.56 Å². The Morgan fingerprint density at radius 3 is 2.67 bits per heavy atom. The Balaban J connectivity index is 2.00. The van der Waals surface area contributed by atoms with Crippen LogP contribution < -0.4 is 0 Å². The van der Waals surface area contributed by atoms with Crippen LogP contribution in [0.25, 0.3) is 0 Å². The number of aliphatic hydroxyl groups excluding tert-OH is 1. The number of hydrogen-bond donors (Lipinski definition) is 1. The fourth-order valence-electron chi connectivity index (χ4n) is 3.15. The third-order valence-corrected chi connectivity index (χ3v) is 4.19. The highest BCUT2D eigenvalue weighted by Gasteiger charge is 2.56. The average molecular weight is 248 g/mol. The highest BCUT2D eigenvalue weighted by atomic mass is 16.8. The lowest BCUT2D eigenvalue weighted by Gasteiger charge is -2.42. The molecule has 3 nitrogen and oxygen atoms in total. The van der Waals surface area contributed by atoms with Gasteiger partial charge in [-0.2, -0.15) is 0 Å². The normalized spacial score (nSPS) is 39.2. The van der Waals surface area contributed by atoms with E-state index in [-0.39, 0.29) is 12.0 Å². The maximum atomic E-state index is 10.7. The second kappa shape index (κ2) is 4.34. The second-order valence-electron chi connectivity index (χ2n) is 5.67. The topological polar surface area (TPSA) is 38.7 Å². The summed E-state index contributed by atoms with van der Waals surface area (Å²) in [6.07, 6.45) is 0.396.